The summed E-state index contributed by atoms with van der Waals surface area (Å²) in [5.74, 6) is -1.42. The van der Waals surface area contributed by atoms with Crippen LogP contribution in [0.4, 0.5) is 0 Å². The largest absolute Gasteiger partial charge is 0.480 e. The lowest BCUT2D eigenvalue weighted by atomic mass is 10.2. The van der Waals surface area contributed by atoms with Gasteiger partial charge in [0.15, 0.2) is 0 Å². The highest BCUT2D eigenvalue weighted by Crippen LogP contribution is 2.18. The second kappa shape index (κ2) is 7.29. The maximum Gasteiger partial charge on any atom is 0.321 e. The van der Waals surface area contributed by atoms with Gasteiger partial charge in [-0.05, 0) is 31.2 Å². The molecule has 0 radical (unpaired) electrons. The molecule has 0 saturated carbocycles. The fourth-order valence-electron chi connectivity index (χ4n) is 2.25. The molecule has 0 aliphatic carbocycles. The number of aliphatic carboxylic acids is 1. The van der Waals surface area contributed by atoms with Crippen LogP contribution in [-0.2, 0) is 19.6 Å². The van der Waals surface area contributed by atoms with Crippen molar-refractivity contribution < 1.29 is 27.9 Å². The summed E-state index contributed by atoms with van der Waals surface area (Å²) in [6.45, 7) is 3.25. The second-order valence-corrected chi connectivity index (χ2v) is 7.46. The maximum absolute atomic E-state index is 12.4. The van der Waals surface area contributed by atoms with Gasteiger partial charge in [-0.15, -0.1) is 0 Å². The van der Waals surface area contributed by atoms with Gasteiger partial charge in [0.1, 0.15) is 6.04 Å². The van der Waals surface area contributed by atoms with Crippen molar-refractivity contribution >= 4 is 21.9 Å². The van der Waals surface area contributed by atoms with Crippen molar-refractivity contribution in [1.29, 1.82) is 0 Å². The molecule has 1 unspecified atom stereocenters. The van der Waals surface area contributed by atoms with Crippen molar-refractivity contribution in [3.63, 3.8) is 0 Å². The van der Waals surface area contributed by atoms with Gasteiger partial charge in [-0.2, -0.15) is 4.31 Å². The van der Waals surface area contributed by atoms with E-state index < -0.39 is 22.0 Å². The van der Waals surface area contributed by atoms with Crippen LogP contribution in [0.15, 0.2) is 29.2 Å². The molecular weight excluding hydrogens is 336 g/mol. The van der Waals surface area contributed by atoms with E-state index in [0.717, 1.165) is 4.31 Å². The van der Waals surface area contributed by atoms with Gasteiger partial charge in [0.05, 0.1) is 18.1 Å². The minimum atomic E-state index is -3.94. The zero-order valence-corrected chi connectivity index (χ0v) is 14.3. The first kappa shape index (κ1) is 18.4. The summed E-state index contributed by atoms with van der Waals surface area (Å²) < 4.78 is 30.8. The number of hydrogen-bond donors (Lipinski definition) is 1. The van der Waals surface area contributed by atoms with Gasteiger partial charge in [-0.1, -0.05) is 0 Å². The van der Waals surface area contributed by atoms with E-state index in [9.17, 15) is 18.0 Å². The number of likely N-dealkylation sites (N-methyl/N-ethyl adjacent to an activating group) is 1. The number of ether oxygens (including phenoxy) is 1. The van der Waals surface area contributed by atoms with Crippen molar-refractivity contribution in [2.24, 2.45) is 0 Å². The van der Waals surface area contributed by atoms with E-state index >= 15 is 0 Å². The number of benzene rings is 1. The van der Waals surface area contributed by atoms with Crippen LogP contribution in [0.2, 0.25) is 0 Å². The van der Waals surface area contributed by atoms with E-state index in [0.29, 0.717) is 31.9 Å². The summed E-state index contributed by atoms with van der Waals surface area (Å²) in [5, 5.41) is 8.96. The molecule has 0 bridgehead atoms. The topological polar surface area (TPSA) is 104 Å². The number of nitrogens with zero attached hydrogens (tertiary/aromatic N) is 2. The number of carboxylic acids is 1. The fourth-order valence-corrected chi connectivity index (χ4v) is 3.57. The number of rotatable bonds is 5. The van der Waals surface area contributed by atoms with E-state index in [1.54, 1.807) is 4.90 Å². The molecule has 1 heterocycles. The van der Waals surface area contributed by atoms with Crippen LogP contribution in [0.3, 0.4) is 0 Å². The van der Waals surface area contributed by atoms with Crippen LogP contribution in [0.25, 0.3) is 0 Å². The van der Waals surface area contributed by atoms with E-state index in [1.165, 1.54) is 38.2 Å². The van der Waals surface area contributed by atoms with Crippen LogP contribution < -0.4 is 0 Å². The molecule has 1 atom stereocenters. The summed E-state index contributed by atoms with van der Waals surface area (Å²) in [5.41, 5.74) is 0.379. The molecule has 1 fully saturated rings. The number of carbonyl (C=O) groups is 2. The van der Waals surface area contributed by atoms with Crippen molar-refractivity contribution in [1.82, 2.24) is 9.21 Å². The Bertz CT molecular complexity index is 710. The Morgan fingerprint density at radius 3 is 2.25 bits per heavy atom. The van der Waals surface area contributed by atoms with Gasteiger partial charge in [0.2, 0.25) is 10.0 Å². The number of carbonyl (C=O) groups excluding carboxylic acids is 1. The average molecular weight is 356 g/mol. The lowest BCUT2D eigenvalue weighted by Crippen LogP contribution is -2.41. The Morgan fingerprint density at radius 1 is 1.21 bits per heavy atom. The summed E-state index contributed by atoms with van der Waals surface area (Å²) in [4.78, 5) is 24.9. The SMILES string of the molecule is CC(C(=O)O)N(C)S(=O)(=O)c1ccc(C(=O)N2CCOCC2)cc1. The van der Waals surface area contributed by atoms with Gasteiger partial charge in [0.25, 0.3) is 5.91 Å². The highest BCUT2D eigenvalue weighted by atomic mass is 32.2. The van der Waals surface area contributed by atoms with Crippen LogP contribution in [0, 0.1) is 0 Å². The summed E-state index contributed by atoms with van der Waals surface area (Å²) in [7, 11) is -2.73. The number of amides is 1. The molecule has 1 aliphatic heterocycles. The molecule has 1 aliphatic rings. The van der Waals surface area contributed by atoms with Gasteiger partial charge >= 0.3 is 5.97 Å². The predicted molar refractivity (Wildman–Crippen MR) is 85.2 cm³/mol. The highest BCUT2D eigenvalue weighted by Gasteiger charge is 2.29. The molecule has 0 spiro atoms. The maximum atomic E-state index is 12.4. The monoisotopic (exact) mass is 356 g/mol. The normalized spacial score (nSPS) is 16.9. The van der Waals surface area contributed by atoms with E-state index in [2.05, 4.69) is 0 Å². The van der Waals surface area contributed by atoms with Gasteiger partial charge < -0.3 is 14.7 Å². The summed E-state index contributed by atoms with van der Waals surface area (Å²) >= 11 is 0. The van der Waals surface area contributed by atoms with Gasteiger partial charge in [0, 0.05) is 25.7 Å². The summed E-state index contributed by atoms with van der Waals surface area (Å²) in [6.07, 6.45) is 0. The molecule has 2 rings (SSSR count). The molecule has 24 heavy (non-hydrogen) atoms. The molecule has 132 valence electrons. The van der Waals surface area contributed by atoms with E-state index in [1.807, 2.05) is 0 Å². The highest BCUT2D eigenvalue weighted by molar-refractivity contribution is 7.89. The molecule has 1 saturated heterocycles. The predicted octanol–water partition coefficient (Wildman–Crippen LogP) is 0.253. The average Bonchev–Trinajstić information content (AvgIpc) is 2.60. The molecule has 1 N–H and O–H groups in total. The Hall–Kier alpha value is -1.97. The fraction of sp³-hybridized carbons (Fsp3) is 0.467. The lowest BCUT2D eigenvalue weighted by Gasteiger charge is -2.27. The number of sulfonamides is 1. The minimum absolute atomic E-state index is 0.0587. The standard InChI is InChI=1S/C15H20N2O6S/c1-11(15(19)20)16(2)24(21,22)13-5-3-12(4-6-13)14(18)17-7-9-23-10-8-17/h3-6,11H,7-10H2,1-2H3,(H,19,20). The molecule has 1 aromatic rings. The third kappa shape index (κ3) is 3.74. The smallest absolute Gasteiger partial charge is 0.321 e. The first-order valence-electron chi connectivity index (χ1n) is 7.43. The Labute approximate surface area is 140 Å². The molecule has 9 heteroatoms. The van der Waals surface area contributed by atoms with Crippen molar-refractivity contribution in [2.45, 2.75) is 17.9 Å². The Balaban J connectivity index is 2.19. The summed E-state index contributed by atoms with van der Waals surface area (Å²) in [6, 6.07) is 4.31. The quantitative estimate of drug-likeness (QED) is 0.811. The third-order valence-corrected chi connectivity index (χ3v) is 5.92. The van der Waals surface area contributed by atoms with E-state index in [-0.39, 0.29) is 10.8 Å². The molecule has 8 nitrogen and oxygen atoms in total. The van der Waals surface area contributed by atoms with Crippen LogP contribution in [-0.4, -0.2) is 74.0 Å². The van der Waals surface area contributed by atoms with Crippen molar-refractivity contribution in [2.75, 3.05) is 33.4 Å². The zero-order chi connectivity index (χ0) is 17.9. The molecule has 1 amide bonds. The zero-order valence-electron chi connectivity index (χ0n) is 13.5. The van der Waals surface area contributed by atoms with Crippen LogP contribution in [0.5, 0.6) is 0 Å². The van der Waals surface area contributed by atoms with Crippen LogP contribution in [0.1, 0.15) is 17.3 Å². The third-order valence-electron chi connectivity index (χ3n) is 3.98. The molecule has 0 aromatic heterocycles. The first-order valence-corrected chi connectivity index (χ1v) is 8.87. The lowest BCUT2D eigenvalue weighted by molar-refractivity contribution is -0.140. The number of morpholine rings is 1. The molecular formula is C15H20N2O6S. The Morgan fingerprint density at radius 2 is 1.75 bits per heavy atom. The second-order valence-electron chi connectivity index (χ2n) is 5.46. The first-order chi connectivity index (χ1) is 11.2. The Kier molecular flexibility index (Phi) is 5.58. The van der Waals surface area contributed by atoms with E-state index in [4.69, 9.17) is 9.84 Å². The number of carboxylic acid groups (broad SMARTS) is 1. The minimum Gasteiger partial charge on any atom is -0.480 e. The van der Waals surface area contributed by atoms with Gasteiger partial charge in [-0.3, -0.25) is 9.59 Å². The van der Waals surface area contributed by atoms with Gasteiger partial charge in [-0.25, -0.2) is 8.42 Å². The van der Waals surface area contributed by atoms with Crippen molar-refractivity contribution in [3.8, 4) is 0 Å². The molecule has 1 aromatic carbocycles. The van der Waals surface area contributed by atoms with Crippen molar-refractivity contribution in [3.05, 3.63) is 29.8 Å². The van der Waals surface area contributed by atoms with Crippen LogP contribution >= 0.6 is 0 Å². The number of hydrogen-bond acceptors (Lipinski definition) is 5.